The van der Waals surface area contributed by atoms with Crippen molar-refractivity contribution in [2.75, 3.05) is 10.8 Å². The van der Waals surface area contributed by atoms with Crippen molar-refractivity contribution in [1.82, 2.24) is 10.3 Å². The number of nitrogens with one attached hydrogen (secondary N) is 1. The molecule has 150 valence electrons. The molecule has 3 rings (SSSR count). The Morgan fingerprint density at radius 1 is 1.07 bits per heavy atom. The fraction of sp³-hybridized carbons (Fsp3) is 0.143. The lowest BCUT2D eigenvalue weighted by atomic mass is 10.2. The number of hydrogen-bond donors (Lipinski definition) is 1. The zero-order valence-electron chi connectivity index (χ0n) is 15.7. The van der Waals surface area contributed by atoms with Gasteiger partial charge in [-0.25, -0.2) is 8.42 Å². The van der Waals surface area contributed by atoms with E-state index in [1.807, 2.05) is 0 Å². The Morgan fingerprint density at radius 3 is 2.41 bits per heavy atom. The van der Waals surface area contributed by atoms with Crippen LogP contribution in [-0.4, -0.2) is 25.9 Å². The number of sulfonamides is 1. The Labute approximate surface area is 175 Å². The summed E-state index contributed by atoms with van der Waals surface area (Å²) >= 11 is 6.02. The summed E-state index contributed by atoms with van der Waals surface area (Å²) in [6.07, 6.45) is 3.26. The number of hydrogen-bond acceptors (Lipinski definition) is 4. The third-order valence-electron chi connectivity index (χ3n) is 4.28. The van der Waals surface area contributed by atoms with Crippen molar-refractivity contribution in [2.45, 2.75) is 18.4 Å². The molecule has 0 aliphatic carbocycles. The van der Waals surface area contributed by atoms with Gasteiger partial charge in [0.25, 0.3) is 10.0 Å². The smallest absolute Gasteiger partial charge is 0.264 e. The van der Waals surface area contributed by atoms with Crippen LogP contribution in [-0.2, 0) is 21.4 Å². The van der Waals surface area contributed by atoms with Gasteiger partial charge in [0, 0.05) is 24.0 Å². The average molecular weight is 430 g/mol. The number of carbonyl (C=O) groups is 1. The van der Waals surface area contributed by atoms with E-state index in [0.29, 0.717) is 16.3 Å². The van der Waals surface area contributed by atoms with Crippen molar-refractivity contribution in [2.24, 2.45) is 0 Å². The highest BCUT2D eigenvalue weighted by Gasteiger charge is 2.28. The molecule has 0 aliphatic rings. The number of pyridine rings is 1. The van der Waals surface area contributed by atoms with E-state index in [9.17, 15) is 13.2 Å². The first kappa shape index (κ1) is 20.8. The summed E-state index contributed by atoms with van der Waals surface area (Å²) in [6, 6.07) is 16.5. The van der Waals surface area contributed by atoms with Gasteiger partial charge in [0.1, 0.15) is 6.54 Å². The minimum atomic E-state index is -3.95. The Kier molecular flexibility index (Phi) is 6.51. The second kappa shape index (κ2) is 9.07. The topological polar surface area (TPSA) is 79.4 Å². The van der Waals surface area contributed by atoms with E-state index < -0.39 is 15.9 Å². The van der Waals surface area contributed by atoms with Gasteiger partial charge in [-0.15, -0.1) is 0 Å². The molecule has 8 heteroatoms. The van der Waals surface area contributed by atoms with Gasteiger partial charge in [-0.3, -0.25) is 14.1 Å². The van der Waals surface area contributed by atoms with Crippen LogP contribution in [0.5, 0.6) is 0 Å². The second-order valence-electron chi connectivity index (χ2n) is 6.39. The SMILES string of the molecule is Cc1cc(Cl)ccc1N(CC(=O)NCc1ccncc1)S(=O)(=O)c1ccccc1. The summed E-state index contributed by atoms with van der Waals surface area (Å²) in [7, 11) is -3.95. The number of anilines is 1. The van der Waals surface area contributed by atoms with Crippen LogP contribution in [0.2, 0.25) is 5.02 Å². The Balaban J connectivity index is 1.90. The van der Waals surface area contributed by atoms with Gasteiger partial charge in [-0.1, -0.05) is 29.8 Å². The summed E-state index contributed by atoms with van der Waals surface area (Å²) in [5.74, 6) is -0.421. The maximum Gasteiger partial charge on any atom is 0.264 e. The minimum absolute atomic E-state index is 0.108. The average Bonchev–Trinajstić information content (AvgIpc) is 2.72. The van der Waals surface area contributed by atoms with Crippen LogP contribution in [0.4, 0.5) is 5.69 Å². The number of benzene rings is 2. The molecule has 1 aromatic heterocycles. The fourth-order valence-electron chi connectivity index (χ4n) is 2.81. The van der Waals surface area contributed by atoms with E-state index in [-0.39, 0.29) is 18.0 Å². The number of rotatable bonds is 7. The molecule has 1 N–H and O–H groups in total. The maximum absolute atomic E-state index is 13.3. The van der Waals surface area contributed by atoms with Crippen LogP contribution < -0.4 is 9.62 Å². The summed E-state index contributed by atoms with van der Waals surface area (Å²) in [6.45, 7) is 1.68. The highest BCUT2D eigenvalue weighted by molar-refractivity contribution is 7.92. The molecule has 29 heavy (non-hydrogen) atoms. The molecule has 3 aromatic rings. The molecule has 0 radical (unpaired) electrons. The lowest BCUT2D eigenvalue weighted by molar-refractivity contribution is -0.119. The van der Waals surface area contributed by atoms with Crippen molar-refractivity contribution < 1.29 is 13.2 Å². The predicted molar refractivity (Wildman–Crippen MR) is 113 cm³/mol. The van der Waals surface area contributed by atoms with Gasteiger partial charge in [0.05, 0.1) is 10.6 Å². The Morgan fingerprint density at radius 2 is 1.76 bits per heavy atom. The molecule has 1 heterocycles. The van der Waals surface area contributed by atoms with Gasteiger partial charge >= 0.3 is 0 Å². The third-order valence-corrected chi connectivity index (χ3v) is 6.29. The molecule has 0 fully saturated rings. The van der Waals surface area contributed by atoms with Gasteiger partial charge in [-0.2, -0.15) is 0 Å². The molecular formula is C21H20ClN3O3S. The summed E-state index contributed by atoms with van der Waals surface area (Å²) in [5, 5.41) is 3.25. The normalized spacial score (nSPS) is 11.1. The van der Waals surface area contributed by atoms with Crippen molar-refractivity contribution in [3.05, 3.63) is 89.2 Å². The van der Waals surface area contributed by atoms with E-state index in [2.05, 4.69) is 10.3 Å². The van der Waals surface area contributed by atoms with Gasteiger partial charge in [0.15, 0.2) is 0 Å². The molecule has 0 atom stereocenters. The highest BCUT2D eigenvalue weighted by Crippen LogP contribution is 2.28. The molecule has 0 aliphatic heterocycles. The monoisotopic (exact) mass is 429 g/mol. The first-order valence-electron chi connectivity index (χ1n) is 8.87. The van der Waals surface area contributed by atoms with Crippen LogP contribution in [0.1, 0.15) is 11.1 Å². The number of amides is 1. The molecule has 6 nitrogen and oxygen atoms in total. The van der Waals surface area contributed by atoms with Gasteiger partial charge in [0.2, 0.25) is 5.91 Å². The Bertz CT molecular complexity index is 1090. The van der Waals surface area contributed by atoms with E-state index in [1.54, 1.807) is 67.8 Å². The van der Waals surface area contributed by atoms with E-state index in [0.717, 1.165) is 9.87 Å². The first-order chi connectivity index (χ1) is 13.9. The summed E-state index contributed by atoms with van der Waals surface area (Å²) in [4.78, 5) is 16.6. The summed E-state index contributed by atoms with van der Waals surface area (Å²) in [5.41, 5.74) is 1.92. The molecular weight excluding hydrogens is 410 g/mol. The molecule has 0 bridgehead atoms. The molecule has 0 unspecified atom stereocenters. The van der Waals surface area contributed by atoms with Crippen molar-refractivity contribution in [3.63, 3.8) is 0 Å². The van der Waals surface area contributed by atoms with E-state index in [4.69, 9.17) is 11.6 Å². The largest absolute Gasteiger partial charge is 0.350 e. The van der Waals surface area contributed by atoms with Crippen LogP contribution in [0.15, 0.2) is 78.0 Å². The number of aromatic nitrogens is 1. The molecule has 0 saturated heterocycles. The predicted octanol–water partition coefficient (Wildman–Crippen LogP) is 3.56. The number of aryl methyl sites for hydroxylation is 1. The number of nitrogens with zero attached hydrogens (tertiary/aromatic N) is 2. The quantitative estimate of drug-likeness (QED) is 0.622. The number of carbonyl (C=O) groups excluding carboxylic acids is 1. The molecule has 2 aromatic carbocycles. The lowest BCUT2D eigenvalue weighted by Crippen LogP contribution is -2.41. The molecule has 0 spiro atoms. The van der Waals surface area contributed by atoms with Crippen molar-refractivity contribution in [1.29, 1.82) is 0 Å². The zero-order valence-corrected chi connectivity index (χ0v) is 17.3. The molecule has 1 amide bonds. The fourth-order valence-corrected chi connectivity index (χ4v) is 4.54. The van der Waals surface area contributed by atoms with Crippen LogP contribution in [0.25, 0.3) is 0 Å². The lowest BCUT2D eigenvalue weighted by Gasteiger charge is -2.25. The maximum atomic E-state index is 13.3. The van der Waals surface area contributed by atoms with Crippen molar-refractivity contribution in [3.8, 4) is 0 Å². The van der Waals surface area contributed by atoms with Crippen LogP contribution in [0, 0.1) is 6.92 Å². The Hall–Kier alpha value is -2.90. The van der Waals surface area contributed by atoms with Gasteiger partial charge < -0.3 is 5.32 Å². The van der Waals surface area contributed by atoms with Crippen LogP contribution in [0.3, 0.4) is 0 Å². The van der Waals surface area contributed by atoms with E-state index in [1.165, 1.54) is 12.1 Å². The second-order valence-corrected chi connectivity index (χ2v) is 8.69. The summed E-state index contributed by atoms with van der Waals surface area (Å²) < 4.78 is 27.7. The van der Waals surface area contributed by atoms with Crippen molar-refractivity contribution >= 4 is 33.2 Å². The van der Waals surface area contributed by atoms with Gasteiger partial charge in [-0.05, 0) is 60.5 Å². The third kappa shape index (κ3) is 5.13. The van der Waals surface area contributed by atoms with E-state index >= 15 is 0 Å². The zero-order chi connectivity index (χ0) is 20.9. The standard InChI is InChI=1S/C21H20ClN3O3S/c1-16-13-18(22)7-8-20(16)25(29(27,28)19-5-3-2-4-6-19)15-21(26)24-14-17-9-11-23-12-10-17/h2-13H,14-15H2,1H3,(H,24,26). The first-order valence-corrected chi connectivity index (χ1v) is 10.7. The van der Waals surface area contributed by atoms with Crippen LogP contribution >= 0.6 is 11.6 Å². The molecule has 0 saturated carbocycles. The highest BCUT2D eigenvalue weighted by atomic mass is 35.5. The number of halogens is 1. The minimum Gasteiger partial charge on any atom is -0.350 e.